The van der Waals surface area contributed by atoms with Crippen molar-refractivity contribution in [2.45, 2.75) is 32.2 Å². The summed E-state index contributed by atoms with van der Waals surface area (Å²) in [5, 5.41) is 4.09. The Morgan fingerprint density at radius 2 is 2.10 bits per heavy atom. The molecule has 1 aliphatic rings. The van der Waals surface area contributed by atoms with E-state index in [0.29, 0.717) is 29.4 Å². The lowest BCUT2D eigenvalue weighted by molar-refractivity contribution is -0.137. The predicted molar refractivity (Wildman–Crippen MR) is 105 cm³/mol. The largest absolute Gasteiger partial charge is 0.484 e. The Morgan fingerprint density at radius 3 is 2.90 bits per heavy atom. The smallest absolute Gasteiger partial charge is 0.261 e. The maximum atomic E-state index is 12.8. The quantitative estimate of drug-likeness (QED) is 0.714. The first-order chi connectivity index (χ1) is 14.1. The maximum Gasteiger partial charge on any atom is 0.261 e. The van der Waals surface area contributed by atoms with Gasteiger partial charge in [-0.2, -0.15) is 4.98 Å². The number of rotatable bonds is 5. The highest BCUT2D eigenvalue weighted by Gasteiger charge is 2.32. The number of amides is 1. The fourth-order valence-corrected chi connectivity index (χ4v) is 3.54. The van der Waals surface area contributed by atoms with Gasteiger partial charge in [0.05, 0.1) is 6.04 Å². The highest BCUT2D eigenvalue weighted by molar-refractivity contribution is 5.78. The Labute approximate surface area is 167 Å². The molecule has 2 aromatic heterocycles. The van der Waals surface area contributed by atoms with Crippen molar-refractivity contribution < 1.29 is 14.1 Å². The number of aromatic nitrogens is 3. The molecule has 1 aromatic carbocycles. The monoisotopic (exact) mass is 394 g/mol. The summed E-state index contributed by atoms with van der Waals surface area (Å²) in [5.41, 5.74) is 1.04. The van der Waals surface area contributed by atoms with E-state index < -0.39 is 0 Å². The molecule has 3 heterocycles. The molecular weight excluding hydrogens is 372 g/mol. The average Bonchev–Trinajstić information content (AvgIpc) is 3.22. The third-order valence-electron chi connectivity index (χ3n) is 4.89. The summed E-state index contributed by atoms with van der Waals surface area (Å²) in [6.45, 7) is 2.37. The molecular formula is C21H22N4O4. The molecule has 1 N–H and O–H groups in total. The van der Waals surface area contributed by atoms with Crippen molar-refractivity contribution in [1.82, 2.24) is 20.0 Å². The summed E-state index contributed by atoms with van der Waals surface area (Å²) in [6.07, 6.45) is 2.65. The number of hydrogen-bond acceptors (Lipinski definition) is 6. The van der Waals surface area contributed by atoms with Gasteiger partial charge in [0.2, 0.25) is 5.56 Å². The van der Waals surface area contributed by atoms with Crippen LogP contribution in [0.3, 0.4) is 0 Å². The molecule has 1 atom stereocenters. The number of para-hydroxylation sites is 1. The summed E-state index contributed by atoms with van der Waals surface area (Å²) in [4.78, 5) is 33.4. The Hall–Kier alpha value is -3.42. The Kier molecular flexibility index (Phi) is 5.41. The van der Waals surface area contributed by atoms with Crippen molar-refractivity contribution in [2.75, 3.05) is 13.2 Å². The van der Waals surface area contributed by atoms with Crippen molar-refractivity contribution in [3.05, 3.63) is 64.3 Å². The second kappa shape index (κ2) is 8.30. The molecule has 4 rings (SSSR count). The molecule has 0 spiro atoms. The van der Waals surface area contributed by atoms with Crippen molar-refractivity contribution in [3.8, 4) is 17.2 Å². The van der Waals surface area contributed by atoms with Gasteiger partial charge in [-0.05, 0) is 44.4 Å². The Morgan fingerprint density at radius 1 is 1.28 bits per heavy atom. The molecule has 8 nitrogen and oxygen atoms in total. The minimum atomic E-state index is -0.267. The second-order valence-electron chi connectivity index (χ2n) is 7.07. The van der Waals surface area contributed by atoms with Gasteiger partial charge in [-0.15, -0.1) is 0 Å². The second-order valence-corrected chi connectivity index (χ2v) is 7.07. The molecule has 0 aliphatic carbocycles. The zero-order valence-corrected chi connectivity index (χ0v) is 16.1. The number of likely N-dealkylation sites (tertiary alicyclic amines) is 1. The number of aryl methyl sites for hydroxylation is 1. The van der Waals surface area contributed by atoms with Crippen molar-refractivity contribution >= 4 is 5.91 Å². The van der Waals surface area contributed by atoms with Crippen molar-refractivity contribution in [2.24, 2.45) is 0 Å². The van der Waals surface area contributed by atoms with Gasteiger partial charge in [-0.25, -0.2) is 0 Å². The molecule has 3 aromatic rings. The molecule has 0 saturated carbocycles. The predicted octanol–water partition coefficient (Wildman–Crippen LogP) is 2.87. The molecule has 1 saturated heterocycles. The summed E-state index contributed by atoms with van der Waals surface area (Å²) in [7, 11) is 0. The number of aromatic amines is 1. The zero-order chi connectivity index (χ0) is 20.2. The van der Waals surface area contributed by atoms with Crippen LogP contribution in [0.2, 0.25) is 0 Å². The minimum Gasteiger partial charge on any atom is -0.484 e. The van der Waals surface area contributed by atoms with Gasteiger partial charge >= 0.3 is 0 Å². The van der Waals surface area contributed by atoms with E-state index in [0.717, 1.165) is 19.3 Å². The lowest BCUT2D eigenvalue weighted by atomic mass is 10.0. The Balaban J connectivity index is 1.51. The van der Waals surface area contributed by atoms with Crippen LogP contribution in [0, 0.1) is 6.92 Å². The van der Waals surface area contributed by atoms with Crippen LogP contribution in [-0.4, -0.2) is 39.1 Å². The third kappa shape index (κ3) is 4.37. The van der Waals surface area contributed by atoms with Gasteiger partial charge in [0.15, 0.2) is 12.4 Å². The van der Waals surface area contributed by atoms with Crippen LogP contribution in [0.4, 0.5) is 0 Å². The first-order valence-electron chi connectivity index (χ1n) is 9.62. The SMILES string of the molecule is Cc1cc(-c2nc([C@H]3CCCCN3C(=O)COc3ccccc3)no2)cc(=O)[nH]1. The van der Waals surface area contributed by atoms with Crippen LogP contribution in [0.15, 0.2) is 51.8 Å². The molecule has 1 amide bonds. The van der Waals surface area contributed by atoms with E-state index in [4.69, 9.17) is 9.26 Å². The van der Waals surface area contributed by atoms with Crippen LogP contribution in [0.25, 0.3) is 11.5 Å². The third-order valence-corrected chi connectivity index (χ3v) is 4.89. The van der Waals surface area contributed by atoms with Gasteiger partial charge in [-0.1, -0.05) is 23.4 Å². The van der Waals surface area contributed by atoms with Gasteiger partial charge in [0.25, 0.3) is 11.8 Å². The molecule has 0 bridgehead atoms. The van der Waals surface area contributed by atoms with Crippen LogP contribution in [-0.2, 0) is 4.79 Å². The van der Waals surface area contributed by atoms with E-state index in [2.05, 4.69) is 15.1 Å². The first kappa shape index (κ1) is 18.9. The number of carbonyl (C=O) groups is 1. The number of nitrogens with zero attached hydrogens (tertiary/aromatic N) is 3. The normalized spacial score (nSPS) is 16.6. The fraction of sp³-hybridized carbons (Fsp3) is 0.333. The topological polar surface area (TPSA) is 101 Å². The number of pyridine rings is 1. The van der Waals surface area contributed by atoms with Crippen molar-refractivity contribution in [1.29, 1.82) is 0 Å². The lowest BCUT2D eigenvalue weighted by Crippen LogP contribution is -2.41. The van der Waals surface area contributed by atoms with Crippen LogP contribution >= 0.6 is 0 Å². The van der Waals surface area contributed by atoms with Gasteiger partial charge in [-0.3, -0.25) is 9.59 Å². The molecule has 8 heteroatoms. The zero-order valence-electron chi connectivity index (χ0n) is 16.1. The number of nitrogens with one attached hydrogen (secondary N) is 1. The average molecular weight is 394 g/mol. The van der Waals surface area contributed by atoms with E-state index in [1.165, 1.54) is 6.07 Å². The summed E-state index contributed by atoms with van der Waals surface area (Å²) < 4.78 is 11.0. The van der Waals surface area contributed by atoms with E-state index >= 15 is 0 Å². The van der Waals surface area contributed by atoms with Crippen LogP contribution < -0.4 is 10.3 Å². The lowest BCUT2D eigenvalue weighted by Gasteiger charge is -2.33. The van der Waals surface area contributed by atoms with E-state index in [1.807, 2.05) is 30.3 Å². The number of H-pyrrole nitrogens is 1. The molecule has 0 radical (unpaired) electrons. The highest BCUT2D eigenvalue weighted by Crippen LogP contribution is 2.30. The summed E-state index contributed by atoms with van der Waals surface area (Å²) in [6, 6.07) is 12.2. The Bertz CT molecular complexity index is 1040. The van der Waals surface area contributed by atoms with Crippen molar-refractivity contribution in [3.63, 3.8) is 0 Å². The number of ether oxygens (including phenoxy) is 1. The minimum absolute atomic E-state index is 0.0432. The van der Waals surface area contributed by atoms with Gasteiger partial charge in [0, 0.05) is 23.9 Å². The molecule has 150 valence electrons. The summed E-state index contributed by atoms with van der Waals surface area (Å²) >= 11 is 0. The number of benzene rings is 1. The van der Waals surface area contributed by atoms with Crippen LogP contribution in [0.5, 0.6) is 5.75 Å². The molecule has 0 unspecified atom stereocenters. The maximum absolute atomic E-state index is 12.8. The molecule has 1 fully saturated rings. The number of hydrogen-bond donors (Lipinski definition) is 1. The first-order valence-corrected chi connectivity index (χ1v) is 9.62. The van der Waals surface area contributed by atoms with E-state index in [1.54, 1.807) is 17.9 Å². The number of carbonyl (C=O) groups excluding carboxylic acids is 1. The van der Waals surface area contributed by atoms with Gasteiger partial charge in [0.1, 0.15) is 5.75 Å². The number of piperidine rings is 1. The van der Waals surface area contributed by atoms with Gasteiger partial charge < -0.3 is 19.1 Å². The van der Waals surface area contributed by atoms with E-state index in [-0.39, 0.29) is 30.0 Å². The standard InChI is InChI=1S/C21H22N4O4/c1-14-11-15(12-18(26)22-14)21-23-20(24-29-21)17-9-5-6-10-25(17)19(27)13-28-16-7-3-2-4-8-16/h2-4,7-8,11-12,17H,5-6,9-10,13H2,1H3,(H,22,26)/t17-/m1/s1. The molecule has 29 heavy (non-hydrogen) atoms. The molecule has 1 aliphatic heterocycles. The summed E-state index contributed by atoms with van der Waals surface area (Å²) in [5.74, 6) is 1.26. The van der Waals surface area contributed by atoms with Crippen LogP contribution in [0.1, 0.15) is 36.8 Å². The van der Waals surface area contributed by atoms with E-state index in [9.17, 15) is 9.59 Å². The fourth-order valence-electron chi connectivity index (χ4n) is 3.54. The highest BCUT2D eigenvalue weighted by atomic mass is 16.5.